The zero-order chi connectivity index (χ0) is 20.1. The number of fused-ring (bicyclic) bond motifs is 1. The molecule has 5 nitrogen and oxygen atoms in total. The Hall–Kier alpha value is -2.53. The standard InChI is InChI=1S/C23H30N2O3/c1-5-28-22-11-10-20-15-25(13-12-21(20)23(22)27-4)14-18-6-8-19(9-7-18)16(2)24-17(3)26/h6-11,16H,5,12-15H2,1-4H3,(H,24,26)/t16-/m0/s1. The average molecular weight is 383 g/mol. The van der Waals surface area contributed by atoms with Gasteiger partial charge in [0.05, 0.1) is 19.8 Å². The Morgan fingerprint density at radius 2 is 1.96 bits per heavy atom. The molecule has 28 heavy (non-hydrogen) atoms. The summed E-state index contributed by atoms with van der Waals surface area (Å²) in [4.78, 5) is 13.7. The topological polar surface area (TPSA) is 50.8 Å². The smallest absolute Gasteiger partial charge is 0.217 e. The zero-order valence-corrected chi connectivity index (χ0v) is 17.2. The fraction of sp³-hybridized carbons (Fsp3) is 0.435. The summed E-state index contributed by atoms with van der Waals surface area (Å²) in [5.41, 5.74) is 4.97. The quantitative estimate of drug-likeness (QED) is 0.790. The van der Waals surface area contributed by atoms with E-state index >= 15 is 0 Å². The van der Waals surface area contributed by atoms with Crippen LogP contribution in [0.5, 0.6) is 11.5 Å². The van der Waals surface area contributed by atoms with Gasteiger partial charge in [0.2, 0.25) is 5.91 Å². The van der Waals surface area contributed by atoms with E-state index in [-0.39, 0.29) is 11.9 Å². The van der Waals surface area contributed by atoms with Crippen molar-refractivity contribution >= 4 is 5.91 Å². The molecular weight excluding hydrogens is 352 g/mol. The minimum absolute atomic E-state index is 0.00789. The molecule has 0 unspecified atom stereocenters. The van der Waals surface area contributed by atoms with Crippen molar-refractivity contribution in [3.8, 4) is 11.5 Å². The van der Waals surface area contributed by atoms with Crippen LogP contribution >= 0.6 is 0 Å². The van der Waals surface area contributed by atoms with Gasteiger partial charge in [-0.15, -0.1) is 0 Å². The Morgan fingerprint density at radius 3 is 2.61 bits per heavy atom. The monoisotopic (exact) mass is 382 g/mol. The first-order valence-corrected chi connectivity index (χ1v) is 9.91. The minimum atomic E-state index is -0.00789. The SMILES string of the molecule is CCOc1ccc2c(c1OC)CCN(Cc1ccc([C@H](C)NC(C)=O)cc1)C2. The zero-order valence-electron chi connectivity index (χ0n) is 17.2. The molecule has 0 aromatic heterocycles. The fourth-order valence-electron chi connectivity index (χ4n) is 3.85. The molecule has 1 aliphatic rings. The normalized spacial score (nSPS) is 14.9. The number of rotatable bonds is 7. The van der Waals surface area contributed by atoms with E-state index in [0.29, 0.717) is 6.61 Å². The van der Waals surface area contributed by atoms with E-state index in [1.807, 2.05) is 19.9 Å². The number of hydrogen-bond donors (Lipinski definition) is 1. The van der Waals surface area contributed by atoms with Crippen LogP contribution in [0.2, 0.25) is 0 Å². The molecule has 0 saturated carbocycles. The Bertz CT molecular complexity index is 817. The molecule has 1 N–H and O–H groups in total. The van der Waals surface area contributed by atoms with E-state index in [1.54, 1.807) is 14.0 Å². The van der Waals surface area contributed by atoms with Crippen LogP contribution in [-0.2, 0) is 24.3 Å². The second-order valence-corrected chi connectivity index (χ2v) is 7.29. The average Bonchev–Trinajstić information content (AvgIpc) is 2.68. The molecule has 0 saturated heterocycles. The van der Waals surface area contributed by atoms with Crippen LogP contribution in [0, 0.1) is 0 Å². The van der Waals surface area contributed by atoms with E-state index in [2.05, 4.69) is 40.5 Å². The molecule has 0 radical (unpaired) electrons. The fourth-order valence-corrected chi connectivity index (χ4v) is 3.85. The summed E-state index contributed by atoms with van der Waals surface area (Å²) < 4.78 is 11.3. The van der Waals surface area contributed by atoms with Gasteiger partial charge in [0.25, 0.3) is 0 Å². The van der Waals surface area contributed by atoms with Crippen LogP contribution in [0.3, 0.4) is 0 Å². The molecule has 0 fully saturated rings. The van der Waals surface area contributed by atoms with Gasteiger partial charge in [0.1, 0.15) is 0 Å². The highest BCUT2D eigenvalue weighted by molar-refractivity contribution is 5.73. The molecule has 1 heterocycles. The van der Waals surface area contributed by atoms with Crippen LogP contribution in [0.4, 0.5) is 0 Å². The van der Waals surface area contributed by atoms with E-state index in [4.69, 9.17) is 9.47 Å². The van der Waals surface area contributed by atoms with Gasteiger partial charge in [0, 0.05) is 32.1 Å². The molecule has 1 atom stereocenters. The van der Waals surface area contributed by atoms with Crippen LogP contribution in [0.25, 0.3) is 0 Å². The van der Waals surface area contributed by atoms with Gasteiger partial charge in [-0.1, -0.05) is 30.3 Å². The number of carbonyl (C=O) groups excluding carboxylic acids is 1. The van der Waals surface area contributed by atoms with Crippen molar-refractivity contribution < 1.29 is 14.3 Å². The van der Waals surface area contributed by atoms with Crippen molar-refractivity contribution in [2.45, 2.75) is 46.3 Å². The molecule has 5 heteroatoms. The first-order chi connectivity index (χ1) is 13.5. The van der Waals surface area contributed by atoms with Crippen molar-refractivity contribution in [3.63, 3.8) is 0 Å². The molecule has 2 aromatic rings. The van der Waals surface area contributed by atoms with Gasteiger partial charge >= 0.3 is 0 Å². The maximum Gasteiger partial charge on any atom is 0.217 e. The molecular formula is C23H30N2O3. The van der Waals surface area contributed by atoms with Gasteiger partial charge in [0.15, 0.2) is 11.5 Å². The van der Waals surface area contributed by atoms with Crippen LogP contribution in [0.1, 0.15) is 49.1 Å². The Labute approximate surface area is 167 Å². The number of carbonyl (C=O) groups is 1. The minimum Gasteiger partial charge on any atom is -0.493 e. The first-order valence-electron chi connectivity index (χ1n) is 9.91. The largest absolute Gasteiger partial charge is 0.493 e. The third kappa shape index (κ3) is 4.65. The summed E-state index contributed by atoms with van der Waals surface area (Å²) in [5.74, 6) is 1.71. The summed E-state index contributed by atoms with van der Waals surface area (Å²) >= 11 is 0. The number of ether oxygens (including phenoxy) is 2. The highest BCUT2D eigenvalue weighted by Crippen LogP contribution is 2.36. The number of benzene rings is 2. The lowest BCUT2D eigenvalue weighted by Crippen LogP contribution is -2.30. The molecule has 150 valence electrons. The third-order valence-electron chi connectivity index (χ3n) is 5.20. The van der Waals surface area contributed by atoms with E-state index in [0.717, 1.165) is 43.1 Å². The van der Waals surface area contributed by atoms with Gasteiger partial charge in [-0.05, 0) is 43.0 Å². The van der Waals surface area contributed by atoms with Crippen molar-refractivity contribution in [1.29, 1.82) is 0 Å². The predicted molar refractivity (Wildman–Crippen MR) is 111 cm³/mol. The van der Waals surface area contributed by atoms with Crippen molar-refractivity contribution in [3.05, 3.63) is 58.7 Å². The Kier molecular flexibility index (Phi) is 6.57. The highest BCUT2D eigenvalue weighted by atomic mass is 16.5. The van der Waals surface area contributed by atoms with Crippen molar-refractivity contribution in [1.82, 2.24) is 10.2 Å². The molecule has 1 aliphatic heterocycles. The lowest BCUT2D eigenvalue weighted by Gasteiger charge is -2.30. The summed E-state index contributed by atoms with van der Waals surface area (Å²) in [6.45, 7) is 8.98. The maximum atomic E-state index is 11.2. The lowest BCUT2D eigenvalue weighted by atomic mass is 9.97. The van der Waals surface area contributed by atoms with Gasteiger partial charge < -0.3 is 14.8 Å². The molecule has 1 amide bonds. The van der Waals surface area contributed by atoms with Crippen molar-refractivity contribution in [2.75, 3.05) is 20.3 Å². The van der Waals surface area contributed by atoms with Gasteiger partial charge in [-0.25, -0.2) is 0 Å². The lowest BCUT2D eigenvalue weighted by molar-refractivity contribution is -0.119. The maximum absolute atomic E-state index is 11.2. The third-order valence-corrected chi connectivity index (χ3v) is 5.20. The first kappa shape index (κ1) is 20.2. The molecule has 0 bridgehead atoms. The van der Waals surface area contributed by atoms with Crippen molar-refractivity contribution in [2.24, 2.45) is 0 Å². The van der Waals surface area contributed by atoms with Crippen LogP contribution < -0.4 is 14.8 Å². The van der Waals surface area contributed by atoms with E-state index in [9.17, 15) is 4.79 Å². The highest BCUT2D eigenvalue weighted by Gasteiger charge is 2.22. The van der Waals surface area contributed by atoms with Crippen LogP contribution in [-0.4, -0.2) is 31.1 Å². The summed E-state index contributed by atoms with van der Waals surface area (Å²) in [5, 5.41) is 2.92. The molecule has 0 aliphatic carbocycles. The summed E-state index contributed by atoms with van der Waals surface area (Å²) in [6, 6.07) is 12.7. The number of nitrogens with one attached hydrogen (secondary N) is 1. The second kappa shape index (κ2) is 9.11. The van der Waals surface area contributed by atoms with Gasteiger partial charge in [-0.3, -0.25) is 9.69 Å². The van der Waals surface area contributed by atoms with E-state index in [1.165, 1.54) is 16.7 Å². The number of hydrogen-bond acceptors (Lipinski definition) is 4. The summed E-state index contributed by atoms with van der Waals surface area (Å²) in [7, 11) is 1.72. The number of nitrogens with zero attached hydrogens (tertiary/aromatic N) is 1. The second-order valence-electron chi connectivity index (χ2n) is 7.29. The van der Waals surface area contributed by atoms with Crippen LogP contribution in [0.15, 0.2) is 36.4 Å². The number of amides is 1. The van der Waals surface area contributed by atoms with E-state index < -0.39 is 0 Å². The Balaban J connectivity index is 1.67. The van der Waals surface area contributed by atoms with Gasteiger partial charge in [-0.2, -0.15) is 0 Å². The summed E-state index contributed by atoms with van der Waals surface area (Å²) in [6.07, 6.45) is 0.955. The molecule has 3 rings (SSSR count). The predicted octanol–water partition coefficient (Wildman–Crippen LogP) is 3.85. The Morgan fingerprint density at radius 1 is 1.21 bits per heavy atom. The molecule has 0 spiro atoms. The molecule has 2 aromatic carbocycles. The number of methoxy groups -OCH3 is 1.